The monoisotopic (exact) mass is 453 g/mol. The maximum Gasteiger partial charge on any atom is 0.255 e. The minimum Gasteiger partial charge on any atom is -0.494 e. The zero-order valence-electron chi connectivity index (χ0n) is 19.1. The van der Waals surface area contributed by atoms with Gasteiger partial charge in [-0.3, -0.25) is 4.79 Å². The fourth-order valence-electron chi connectivity index (χ4n) is 3.45. The van der Waals surface area contributed by atoms with Crippen LogP contribution in [0, 0.1) is 0 Å². The summed E-state index contributed by atoms with van der Waals surface area (Å²) in [4.78, 5) is 13.1. The quantitative estimate of drug-likeness (QED) is 0.285. The molecule has 172 valence electrons. The van der Waals surface area contributed by atoms with Crippen LogP contribution in [0.1, 0.15) is 28.4 Å². The van der Waals surface area contributed by atoms with Gasteiger partial charge in [-0.2, -0.15) is 0 Å². The van der Waals surface area contributed by atoms with E-state index in [1.165, 1.54) is 0 Å². The predicted molar refractivity (Wildman–Crippen MR) is 133 cm³/mol. The van der Waals surface area contributed by atoms with Gasteiger partial charge in [-0.25, -0.2) is 0 Å². The average Bonchev–Trinajstić information content (AvgIpc) is 2.87. The van der Waals surface area contributed by atoms with Gasteiger partial charge in [0.2, 0.25) is 0 Å². The summed E-state index contributed by atoms with van der Waals surface area (Å²) in [5.41, 5.74) is 3.01. The van der Waals surface area contributed by atoms with E-state index in [1.54, 1.807) is 6.07 Å². The third-order valence-corrected chi connectivity index (χ3v) is 5.10. The van der Waals surface area contributed by atoms with Crippen LogP contribution >= 0.6 is 0 Å². The number of benzene rings is 4. The lowest BCUT2D eigenvalue weighted by Crippen LogP contribution is -2.13. The summed E-state index contributed by atoms with van der Waals surface area (Å²) in [5, 5.41) is 2.96. The van der Waals surface area contributed by atoms with E-state index in [9.17, 15) is 4.79 Å². The molecule has 0 aliphatic rings. The van der Waals surface area contributed by atoms with Crippen LogP contribution in [-0.4, -0.2) is 12.5 Å². The number of hydrogen-bond donors (Lipinski definition) is 1. The van der Waals surface area contributed by atoms with Gasteiger partial charge >= 0.3 is 0 Å². The fourth-order valence-corrected chi connectivity index (χ4v) is 3.45. The minimum absolute atomic E-state index is 0.239. The summed E-state index contributed by atoms with van der Waals surface area (Å²) in [6.07, 6.45) is 0. The zero-order valence-corrected chi connectivity index (χ0v) is 19.1. The summed E-state index contributed by atoms with van der Waals surface area (Å²) in [6, 6.07) is 32.2. The van der Waals surface area contributed by atoms with Gasteiger partial charge in [-0.05, 0) is 55.0 Å². The Labute approximate surface area is 199 Å². The van der Waals surface area contributed by atoms with E-state index < -0.39 is 0 Å². The Morgan fingerprint density at radius 1 is 0.765 bits per heavy atom. The second-order valence-electron chi connectivity index (χ2n) is 7.60. The van der Waals surface area contributed by atoms with Crippen LogP contribution in [-0.2, 0) is 18.0 Å². The van der Waals surface area contributed by atoms with Crippen molar-refractivity contribution in [1.82, 2.24) is 0 Å². The number of anilines is 1. The number of ether oxygens (including phenoxy) is 3. The summed E-state index contributed by atoms with van der Waals surface area (Å²) in [5.74, 6) is 1.74. The highest BCUT2D eigenvalue weighted by Gasteiger charge is 2.14. The summed E-state index contributed by atoms with van der Waals surface area (Å²) >= 11 is 0. The highest BCUT2D eigenvalue weighted by atomic mass is 16.5. The molecular formula is C29H27NO4. The highest BCUT2D eigenvalue weighted by molar-refractivity contribution is 6.05. The third kappa shape index (κ3) is 6.24. The summed E-state index contributed by atoms with van der Waals surface area (Å²) in [7, 11) is 0. The molecule has 1 N–H and O–H groups in total. The predicted octanol–water partition coefficient (Wildman–Crippen LogP) is 6.85. The normalized spacial score (nSPS) is 10.5. The first-order chi connectivity index (χ1) is 16.7. The Kier molecular flexibility index (Phi) is 7.93. The molecule has 0 radical (unpaired) electrons. The lowest BCUT2D eigenvalue weighted by molar-refractivity contribution is 0.101. The topological polar surface area (TPSA) is 56.8 Å². The molecular weight excluding hydrogens is 426 g/mol. The van der Waals surface area contributed by atoms with Crippen LogP contribution in [0.5, 0.6) is 17.2 Å². The van der Waals surface area contributed by atoms with Gasteiger partial charge in [0.25, 0.3) is 5.91 Å². The van der Waals surface area contributed by atoms with Crippen LogP contribution in [0.25, 0.3) is 0 Å². The first kappa shape index (κ1) is 23.1. The molecule has 34 heavy (non-hydrogen) atoms. The molecule has 4 aromatic rings. The lowest BCUT2D eigenvalue weighted by Gasteiger charge is -2.14. The van der Waals surface area contributed by atoms with Crippen molar-refractivity contribution in [3.05, 3.63) is 120 Å². The van der Waals surface area contributed by atoms with E-state index >= 15 is 0 Å². The van der Waals surface area contributed by atoms with Crippen molar-refractivity contribution in [1.29, 1.82) is 0 Å². The highest BCUT2D eigenvalue weighted by Crippen LogP contribution is 2.30. The minimum atomic E-state index is -0.239. The van der Waals surface area contributed by atoms with Crippen LogP contribution in [0.15, 0.2) is 103 Å². The molecule has 0 heterocycles. The van der Waals surface area contributed by atoms with E-state index in [1.807, 2.05) is 104 Å². The smallest absolute Gasteiger partial charge is 0.255 e. The van der Waals surface area contributed by atoms with Crippen LogP contribution in [0.2, 0.25) is 0 Å². The van der Waals surface area contributed by atoms with E-state index in [2.05, 4.69) is 5.32 Å². The molecule has 5 nitrogen and oxygen atoms in total. The third-order valence-electron chi connectivity index (χ3n) is 5.10. The van der Waals surface area contributed by atoms with E-state index in [0.29, 0.717) is 48.3 Å². The summed E-state index contributed by atoms with van der Waals surface area (Å²) < 4.78 is 17.6. The van der Waals surface area contributed by atoms with Gasteiger partial charge < -0.3 is 19.5 Å². The molecule has 0 aromatic heterocycles. The Morgan fingerprint density at radius 3 is 2.24 bits per heavy atom. The molecule has 0 aliphatic carbocycles. The molecule has 1 amide bonds. The standard InChI is InChI=1S/C29H27NO4/c1-2-33-27-18-17-23(19-24(27)21-32-20-22-11-5-3-6-12-22)29(31)30-26-15-9-10-16-28(26)34-25-13-7-4-8-14-25/h3-19H,2,20-21H2,1H3,(H,30,31). The number of amides is 1. The molecule has 0 atom stereocenters. The van der Waals surface area contributed by atoms with Crippen molar-refractivity contribution in [2.24, 2.45) is 0 Å². The number of carbonyl (C=O) groups is 1. The van der Waals surface area contributed by atoms with Crippen molar-refractivity contribution in [2.75, 3.05) is 11.9 Å². The number of hydrogen-bond acceptors (Lipinski definition) is 4. The Balaban J connectivity index is 1.48. The number of rotatable bonds is 10. The van der Waals surface area contributed by atoms with Gasteiger partial charge in [0.15, 0.2) is 5.75 Å². The molecule has 0 unspecified atom stereocenters. The number of nitrogens with one attached hydrogen (secondary N) is 1. The average molecular weight is 454 g/mol. The van der Waals surface area contributed by atoms with Crippen molar-refractivity contribution in [2.45, 2.75) is 20.1 Å². The first-order valence-corrected chi connectivity index (χ1v) is 11.2. The Hall–Kier alpha value is -4.09. The molecule has 0 spiro atoms. The van der Waals surface area contributed by atoms with Gasteiger partial charge in [-0.1, -0.05) is 60.7 Å². The van der Waals surface area contributed by atoms with Crippen LogP contribution < -0.4 is 14.8 Å². The van der Waals surface area contributed by atoms with E-state index in [0.717, 1.165) is 11.1 Å². The molecule has 0 fully saturated rings. The second kappa shape index (κ2) is 11.7. The maximum absolute atomic E-state index is 13.1. The second-order valence-corrected chi connectivity index (χ2v) is 7.60. The van der Waals surface area contributed by atoms with Crippen molar-refractivity contribution in [3.8, 4) is 17.2 Å². The zero-order chi connectivity index (χ0) is 23.6. The molecule has 0 bridgehead atoms. The van der Waals surface area contributed by atoms with Gasteiger partial charge in [0, 0.05) is 11.1 Å². The van der Waals surface area contributed by atoms with Crippen molar-refractivity contribution < 1.29 is 19.0 Å². The Morgan fingerprint density at radius 2 is 1.47 bits per heavy atom. The lowest BCUT2D eigenvalue weighted by atomic mass is 10.1. The van der Waals surface area contributed by atoms with E-state index in [4.69, 9.17) is 14.2 Å². The molecule has 0 aliphatic heterocycles. The summed E-state index contributed by atoms with van der Waals surface area (Å²) in [6.45, 7) is 3.27. The van der Waals surface area contributed by atoms with Gasteiger partial charge in [0.1, 0.15) is 11.5 Å². The number of carbonyl (C=O) groups excluding carboxylic acids is 1. The van der Waals surface area contributed by atoms with Crippen LogP contribution in [0.3, 0.4) is 0 Å². The van der Waals surface area contributed by atoms with Gasteiger partial charge in [0.05, 0.1) is 25.5 Å². The largest absolute Gasteiger partial charge is 0.494 e. The van der Waals surface area contributed by atoms with E-state index in [-0.39, 0.29) is 5.91 Å². The maximum atomic E-state index is 13.1. The molecule has 5 heteroatoms. The molecule has 4 rings (SSSR count). The fraction of sp³-hybridized carbons (Fsp3) is 0.138. The first-order valence-electron chi connectivity index (χ1n) is 11.2. The van der Waals surface area contributed by atoms with Crippen molar-refractivity contribution >= 4 is 11.6 Å². The Bertz CT molecular complexity index is 1210. The number of para-hydroxylation sites is 3. The molecule has 0 saturated heterocycles. The molecule has 4 aromatic carbocycles. The van der Waals surface area contributed by atoms with Gasteiger partial charge in [-0.15, -0.1) is 0 Å². The van der Waals surface area contributed by atoms with Crippen molar-refractivity contribution in [3.63, 3.8) is 0 Å². The van der Waals surface area contributed by atoms with Crippen LogP contribution in [0.4, 0.5) is 5.69 Å². The molecule has 0 saturated carbocycles. The SMILES string of the molecule is CCOc1ccc(C(=O)Nc2ccccc2Oc2ccccc2)cc1COCc1ccccc1.